The standard InChI is InChI=1S/C13H21N3O.HI/c1-14-13(15-9-6-10-17-2)16-11-12-7-4-3-5-8-12;/h3-5,7-8H,6,9-11H2,1-2H3,(H2,14,15,16);1H. The maximum Gasteiger partial charge on any atom is 0.191 e. The van der Waals surface area contributed by atoms with Gasteiger partial charge in [-0.25, -0.2) is 0 Å². The number of nitrogens with zero attached hydrogens (tertiary/aromatic N) is 1. The summed E-state index contributed by atoms with van der Waals surface area (Å²) < 4.78 is 4.99. The van der Waals surface area contributed by atoms with E-state index < -0.39 is 0 Å². The molecule has 0 aromatic heterocycles. The van der Waals surface area contributed by atoms with Crippen LogP contribution >= 0.6 is 24.0 Å². The molecule has 5 heteroatoms. The molecule has 102 valence electrons. The van der Waals surface area contributed by atoms with Gasteiger partial charge in [-0.2, -0.15) is 0 Å². The summed E-state index contributed by atoms with van der Waals surface area (Å²) in [6.07, 6.45) is 0.975. The molecule has 0 saturated carbocycles. The fourth-order valence-electron chi connectivity index (χ4n) is 1.43. The Morgan fingerprint density at radius 1 is 1.22 bits per heavy atom. The molecule has 1 aromatic rings. The number of nitrogens with one attached hydrogen (secondary N) is 2. The van der Waals surface area contributed by atoms with Crippen molar-refractivity contribution in [2.24, 2.45) is 4.99 Å². The highest BCUT2D eigenvalue weighted by atomic mass is 127. The second-order valence-electron chi connectivity index (χ2n) is 3.68. The van der Waals surface area contributed by atoms with Gasteiger partial charge in [-0.05, 0) is 12.0 Å². The van der Waals surface area contributed by atoms with E-state index in [1.165, 1.54) is 5.56 Å². The van der Waals surface area contributed by atoms with E-state index in [9.17, 15) is 0 Å². The van der Waals surface area contributed by atoms with Gasteiger partial charge >= 0.3 is 0 Å². The molecule has 0 bridgehead atoms. The number of halogens is 1. The van der Waals surface area contributed by atoms with Crippen LogP contribution in [-0.2, 0) is 11.3 Å². The first-order valence-electron chi connectivity index (χ1n) is 5.84. The van der Waals surface area contributed by atoms with Crippen molar-refractivity contribution >= 4 is 29.9 Å². The van der Waals surface area contributed by atoms with Crippen LogP contribution in [0, 0.1) is 0 Å². The molecule has 0 aliphatic rings. The maximum absolute atomic E-state index is 4.99. The largest absolute Gasteiger partial charge is 0.385 e. The second-order valence-corrected chi connectivity index (χ2v) is 3.68. The van der Waals surface area contributed by atoms with Crippen LogP contribution in [-0.4, -0.2) is 33.3 Å². The van der Waals surface area contributed by atoms with E-state index in [1.807, 2.05) is 18.2 Å². The molecule has 2 N–H and O–H groups in total. The van der Waals surface area contributed by atoms with Gasteiger partial charge in [0.2, 0.25) is 0 Å². The normalized spacial score (nSPS) is 10.7. The molecule has 1 rings (SSSR count). The summed E-state index contributed by atoms with van der Waals surface area (Å²) >= 11 is 0. The number of guanidine groups is 1. The third-order valence-electron chi connectivity index (χ3n) is 2.34. The van der Waals surface area contributed by atoms with E-state index >= 15 is 0 Å². The van der Waals surface area contributed by atoms with Crippen LogP contribution in [0.15, 0.2) is 35.3 Å². The molecule has 4 nitrogen and oxygen atoms in total. The molecule has 0 heterocycles. The molecule has 0 aliphatic heterocycles. The fraction of sp³-hybridized carbons (Fsp3) is 0.462. The summed E-state index contributed by atoms with van der Waals surface area (Å²) in [4.78, 5) is 4.15. The highest BCUT2D eigenvalue weighted by Gasteiger charge is 1.96. The Morgan fingerprint density at radius 3 is 2.56 bits per heavy atom. The lowest BCUT2D eigenvalue weighted by molar-refractivity contribution is 0.195. The molecule has 0 spiro atoms. The van der Waals surface area contributed by atoms with Gasteiger partial charge in [0.25, 0.3) is 0 Å². The summed E-state index contributed by atoms with van der Waals surface area (Å²) in [7, 11) is 3.49. The molecule has 18 heavy (non-hydrogen) atoms. The van der Waals surface area contributed by atoms with Gasteiger partial charge < -0.3 is 15.4 Å². The Morgan fingerprint density at radius 2 is 1.94 bits per heavy atom. The van der Waals surface area contributed by atoms with E-state index in [1.54, 1.807) is 14.2 Å². The van der Waals surface area contributed by atoms with Crippen molar-refractivity contribution in [2.75, 3.05) is 27.3 Å². The average molecular weight is 363 g/mol. The number of aliphatic imine (C=N–C) groups is 1. The first-order valence-corrected chi connectivity index (χ1v) is 5.84. The Hall–Kier alpha value is -0.820. The topological polar surface area (TPSA) is 45.7 Å². The lowest BCUT2D eigenvalue weighted by atomic mass is 10.2. The van der Waals surface area contributed by atoms with E-state index in [2.05, 4.69) is 27.8 Å². The zero-order valence-electron chi connectivity index (χ0n) is 11.0. The quantitative estimate of drug-likeness (QED) is 0.352. The Bertz CT molecular complexity index is 330. The van der Waals surface area contributed by atoms with Crippen molar-refractivity contribution in [3.05, 3.63) is 35.9 Å². The van der Waals surface area contributed by atoms with Crippen molar-refractivity contribution in [1.82, 2.24) is 10.6 Å². The molecule has 0 fully saturated rings. The van der Waals surface area contributed by atoms with Gasteiger partial charge in [0.1, 0.15) is 0 Å². The van der Waals surface area contributed by atoms with Crippen LogP contribution in [0.5, 0.6) is 0 Å². The van der Waals surface area contributed by atoms with Crippen molar-refractivity contribution in [3.63, 3.8) is 0 Å². The average Bonchev–Trinajstić information content (AvgIpc) is 2.39. The SMILES string of the molecule is CN=C(NCCCOC)NCc1ccccc1.I. The Balaban J connectivity index is 0.00000289. The van der Waals surface area contributed by atoms with Gasteiger partial charge in [-0.15, -0.1) is 24.0 Å². The lowest BCUT2D eigenvalue weighted by Crippen LogP contribution is -2.37. The summed E-state index contributed by atoms with van der Waals surface area (Å²) in [5.41, 5.74) is 1.24. The number of rotatable bonds is 6. The van der Waals surface area contributed by atoms with Gasteiger partial charge in [-0.1, -0.05) is 30.3 Å². The van der Waals surface area contributed by atoms with Crippen LogP contribution in [0.4, 0.5) is 0 Å². The van der Waals surface area contributed by atoms with Crippen LogP contribution < -0.4 is 10.6 Å². The minimum atomic E-state index is 0. The highest BCUT2D eigenvalue weighted by Crippen LogP contribution is 1.96. The zero-order valence-corrected chi connectivity index (χ0v) is 13.3. The molecule has 0 aliphatic carbocycles. The third kappa shape index (κ3) is 7.50. The second kappa shape index (κ2) is 11.3. The minimum Gasteiger partial charge on any atom is -0.385 e. The van der Waals surface area contributed by atoms with Crippen LogP contribution in [0.25, 0.3) is 0 Å². The predicted molar refractivity (Wildman–Crippen MR) is 86.6 cm³/mol. The van der Waals surface area contributed by atoms with Crippen molar-refractivity contribution in [2.45, 2.75) is 13.0 Å². The summed E-state index contributed by atoms with van der Waals surface area (Å²) in [5, 5.41) is 6.49. The van der Waals surface area contributed by atoms with E-state index in [4.69, 9.17) is 4.74 Å². The van der Waals surface area contributed by atoms with Gasteiger partial charge in [-0.3, -0.25) is 4.99 Å². The first kappa shape index (κ1) is 17.2. The van der Waals surface area contributed by atoms with E-state index in [0.717, 1.165) is 32.1 Å². The molecule has 0 saturated heterocycles. The van der Waals surface area contributed by atoms with Gasteiger partial charge in [0.05, 0.1) is 0 Å². The number of hydrogen-bond acceptors (Lipinski definition) is 2. The fourth-order valence-corrected chi connectivity index (χ4v) is 1.43. The summed E-state index contributed by atoms with van der Waals surface area (Å²) in [6.45, 7) is 2.41. The van der Waals surface area contributed by atoms with Crippen molar-refractivity contribution in [1.29, 1.82) is 0 Å². The monoisotopic (exact) mass is 363 g/mol. The van der Waals surface area contributed by atoms with E-state index in [0.29, 0.717) is 0 Å². The van der Waals surface area contributed by atoms with Crippen LogP contribution in [0.1, 0.15) is 12.0 Å². The predicted octanol–water partition coefficient (Wildman–Crippen LogP) is 2.01. The molecule has 0 radical (unpaired) electrons. The minimum absolute atomic E-state index is 0. The molecule has 0 unspecified atom stereocenters. The molecule has 0 amide bonds. The van der Waals surface area contributed by atoms with E-state index in [-0.39, 0.29) is 24.0 Å². The molecular formula is C13H22IN3O. The lowest BCUT2D eigenvalue weighted by Gasteiger charge is -2.11. The highest BCUT2D eigenvalue weighted by molar-refractivity contribution is 14.0. The Kier molecular flexibility index (Phi) is 10.8. The van der Waals surface area contributed by atoms with Crippen molar-refractivity contribution < 1.29 is 4.74 Å². The van der Waals surface area contributed by atoms with Gasteiger partial charge in [0.15, 0.2) is 5.96 Å². The van der Waals surface area contributed by atoms with Gasteiger partial charge in [0, 0.05) is 33.9 Å². The van der Waals surface area contributed by atoms with Crippen molar-refractivity contribution in [3.8, 4) is 0 Å². The third-order valence-corrected chi connectivity index (χ3v) is 2.34. The smallest absolute Gasteiger partial charge is 0.191 e. The Labute approximate surface area is 126 Å². The first-order chi connectivity index (χ1) is 8.36. The summed E-state index contributed by atoms with van der Waals surface area (Å²) in [6, 6.07) is 10.3. The number of methoxy groups -OCH3 is 1. The number of hydrogen-bond donors (Lipinski definition) is 2. The molecule has 0 atom stereocenters. The maximum atomic E-state index is 4.99. The molecule has 1 aromatic carbocycles. The number of ether oxygens (including phenoxy) is 1. The van der Waals surface area contributed by atoms with Crippen LogP contribution in [0.3, 0.4) is 0 Å². The van der Waals surface area contributed by atoms with Crippen LogP contribution in [0.2, 0.25) is 0 Å². The molecular weight excluding hydrogens is 341 g/mol. The number of benzene rings is 1. The summed E-state index contributed by atoms with van der Waals surface area (Å²) in [5.74, 6) is 0.824. The zero-order chi connectivity index (χ0) is 12.3.